The van der Waals surface area contributed by atoms with E-state index >= 15 is 0 Å². The van der Waals surface area contributed by atoms with Gasteiger partial charge in [-0.1, -0.05) is 13.3 Å². The van der Waals surface area contributed by atoms with Crippen LogP contribution in [0.15, 0.2) is 16.7 Å². The van der Waals surface area contributed by atoms with Crippen molar-refractivity contribution < 1.29 is 4.42 Å². The monoisotopic (exact) mass is 290 g/mol. The van der Waals surface area contributed by atoms with Crippen molar-refractivity contribution in [1.29, 1.82) is 0 Å². The summed E-state index contributed by atoms with van der Waals surface area (Å²) in [5.41, 5.74) is 1.32. The Labute approximate surface area is 129 Å². The number of hydrogen-bond donors (Lipinski definition) is 1. The lowest BCUT2D eigenvalue weighted by Crippen LogP contribution is -2.28. The lowest BCUT2D eigenvalue weighted by Gasteiger charge is -2.26. The fraction of sp³-hybridized carbons (Fsp3) is 0.778. The summed E-state index contributed by atoms with van der Waals surface area (Å²) in [4.78, 5) is 2.47. The number of hydrogen-bond acceptors (Lipinski definition) is 3. The molecule has 2 aliphatic rings. The van der Waals surface area contributed by atoms with Crippen molar-refractivity contribution in [3.8, 4) is 0 Å². The van der Waals surface area contributed by atoms with Gasteiger partial charge in [-0.2, -0.15) is 0 Å². The molecule has 2 saturated carbocycles. The van der Waals surface area contributed by atoms with Gasteiger partial charge in [-0.05, 0) is 63.1 Å². The normalized spacial score (nSPS) is 27.9. The van der Waals surface area contributed by atoms with Gasteiger partial charge >= 0.3 is 0 Å². The van der Waals surface area contributed by atoms with Crippen molar-refractivity contribution in [2.45, 2.75) is 52.1 Å². The van der Waals surface area contributed by atoms with Crippen LogP contribution in [0.4, 0.5) is 0 Å². The molecule has 3 rings (SSSR count). The molecule has 1 N–H and O–H groups in total. The summed E-state index contributed by atoms with van der Waals surface area (Å²) < 4.78 is 5.71. The maximum atomic E-state index is 5.71. The molecule has 2 fully saturated rings. The van der Waals surface area contributed by atoms with Crippen LogP contribution in [0.5, 0.6) is 0 Å². The summed E-state index contributed by atoms with van der Waals surface area (Å²) >= 11 is 0. The van der Waals surface area contributed by atoms with Crippen molar-refractivity contribution in [2.75, 3.05) is 20.1 Å². The smallest absolute Gasteiger partial charge is 0.122 e. The molecule has 0 aromatic carbocycles. The molecule has 0 aliphatic heterocycles. The fourth-order valence-electron chi connectivity index (χ4n) is 4.37. The van der Waals surface area contributed by atoms with Crippen LogP contribution >= 0.6 is 0 Å². The summed E-state index contributed by atoms with van der Waals surface area (Å²) in [6, 6.07) is 2.11. The Balaban J connectivity index is 1.48. The first kappa shape index (κ1) is 15.1. The highest BCUT2D eigenvalue weighted by atomic mass is 16.3. The van der Waals surface area contributed by atoms with E-state index in [-0.39, 0.29) is 0 Å². The maximum Gasteiger partial charge on any atom is 0.122 e. The van der Waals surface area contributed by atoms with Gasteiger partial charge in [-0.3, -0.25) is 4.90 Å². The molecule has 118 valence electrons. The quantitative estimate of drug-likeness (QED) is 0.741. The van der Waals surface area contributed by atoms with Crippen LogP contribution < -0.4 is 5.32 Å². The Morgan fingerprint density at radius 3 is 2.95 bits per heavy atom. The van der Waals surface area contributed by atoms with E-state index in [4.69, 9.17) is 4.42 Å². The standard InChI is InChI=1S/C18H30N2O/c1-3-7-19-11-16-6-8-21-18(16)13-20(2)12-17-10-14-4-5-15(17)9-14/h6,8,14-15,17,19H,3-5,7,9-13H2,1-2H3. The van der Waals surface area contributed by atoms with Gasteiger partial charge in [0, 0.05) is 18.7 Å². The molecule has 2 aliphatic carbocycles. The van der Waals surface area contributed by atoms with Crippen molar-refractivity contribution >= 4 is 0 Å². The van der Waals surface area contributed by atoms with E-state index in [1.165, 1.54) is 44.2 Å². The van der Waals surface area contributed by atoms with Gasteiger partial charge in [0.05, 0.1) is 12.8 Å². The molecule has 3 atom stereocenters. The second-order valence-corrected chi connectivity index (χ2v) is 7.18. The third-order valence-corrected chi connectivity index (χ3v) is 5.42. The minimum absolute atomic E-state index is 0.932. The highest BCUT2D eigenvalue weighted by Crippen LogP contribution is 2.48. The Hall–Kier alpha value is -0.800. The lowest BCUT2D eigenvalue weighted by molar-refractivity contribution is 0.203. The molecule has 1 aromatic rings. The maximum absolute atomic E-state index is 5.71. The van der Waals surface area contributed by atoms with Gasteiger partial charge in [0.1, 0.15) is 5.76 Å². The Morgan fingerprint density at radius 1 is 1.33 bits per heavy atom. The number of nitrogens with zero attached hydrogens (tertiary/aromatic N) is 1. The zero-order valence-corrected chi connectivity index (χ0v) is 13.6. The van der Waals surface area contributed by atoms with Gasteiger partial charge in [-0.25, -0.2) is 0 Å². The molecule has 3 nitrogen and oxygen atoms in total. The summed E-state index contributed by atoms with van der Waals surface area (Å²) in [5.74, 6) is 4.14. The summed E-state index contributed by atoms with van der Waals surface area (Å²) in [5, 5.41) is 3.47. The van der Waals surface area contributed by atoms with Crippen LogP contribution in [-0.4, -0.2) is 25.0 Å². The van der Waals surface area contributed by atoms with E-state index in [9.17, 15) is 0 Å². The lowest BCUT2D eigenvalue weighted by atomic mass is 9.88. The molecule has 3 heteroatoms. The van der Waals surface area contributed by atoms with E-state index < -0.39 is 0 Å². The second kappa shape index (κ2) is 6.97. The zero-order valence-electron chi connectivity index (χ0n) is 13.6. The molecule has 21 heavy (non-hydrogen) atoms. The van der Waals surface area contributed by atoms with E-state index in [1.54, 1.807) is 0 Å². The first-order chi connectivity index (χ1) is 10.3. The molecule has 0 amide bonds. The van der Waals surface area contributed by atoms with Crippen LogP contribution in [-0.2, 0) is 13.1 Å². The Kier molecular flexibility index (Phi) is 5.02. The minimum atomic E-state index is 0.932. The second-order valence-electron chi connectivity index (χ2n) is 7.18. The summed E-state index contributed by atoms with van der Waals surface area (Å²) in [7, 11) is 2.25. The Bertz CT molecular complexity index is 442. The number of fused-ring (bicyclic) bond motifs is 2. The molecule has 0 spiro atoms. The number of rotatable bonds is 8. The van der Waals surface area contributed by atoms with Crippen LogP contribution in [0, 0.1) is 17.8 Å². The van der Waals surface area contributed by atoms with Crippen LogP contribution in [0.25, 0.3) is 0 Å². The van der Waals surface area contributed by atoms with Crippen LogP contribution in [0.2, 0.25) is 0 Å². The van der Waals surface area contributed by atoms with Gasteiger partial charge < -0.3 is 9.73 Å². The molecule has 3 unspecified atom stereocenters. The number of nitrogens with one attached hydrogen (secondary N) is 1. The highest BCUT2D eigenvalue weighted by Gasteiger charge is 2.39. The van der Waals surface area contributed by atoms with Gasteiger partial charge in [0.15, 0.2) is 0 Å². The van der Waals surface area contributed by atoms with E-state index in [0.717, 1.165) is 43.1 Å². The first-order valence-corrected chi connectivity index (χ1v) is 8.70. The van der Waals surface area contributed by atoms with E-state index in [1.807, 2.05) is 6.26 Å². The highest BCUT2D eigenvalue weighted by molar-refractivity contribution is 5.16. The SMILES string of the molecule is CCCNCc1ccoc1CN(C)CC1CC2CCC1C2. The molecular formula is C18H30N2O. The largest absolute Gasteiger partial charge is 0.468 e. The summed E-state index contributed by atoms with van der Waals surface area (Å²) in [6.07, 6.45) is 8.97. The van der Waals surface area contributed by atoms with Gasteiger partial charge in [0.2, 0.25) is 0 Å². The molecule has 0 saturated heterocycles. The van der Waals surface area contributed by atoms with Crippen molar-refractivity contribution in [3.63, 3.8) is 0 Å². The molecule has 1 aromatic heterocycles. The summed E-state index contributed by atoms with van der Waals surface area (Å²) in [6.45, 7) is 6.40. The topological polar surface area (TPSA) is 28.4 Å². The van der Waals surface area contributed by atoms with Crippen LogP contribution in [0.3, 0.4) is 0 Å². The number of furan rings is 1. The molecule has 0 radical (unpaired) electrons. The average molecular weight is 290 g/mol. The minimum Gasteiger partial charge on any atom is -0.468 e. The van der Waals surface area contributed by atoms with Gasteiger partial charge in [-0.15, -0.1) is 0 Å². The van der Waals surface area contributed by atoms with E-state index in [2.05, 4.69) is 30.3 Å². The molecule has 2 bridgehead atoms. The predicted molar refractivity (Wildman–Crippen MR) is 86.0 cm³/mol. The molecule has 1 heterocycles. The van der Waals surface area contributed by atoms with Crippen molar-refractivity contribution in [3.05, 3.63) is 23.7 Å². The first-order valence-electron chi connectivity index (χ1n) is 8.70. The average Bonchev–Trinajstić information content (AvgIpc) is 3.16. The predicted octanol–water partition coefficient (Wildman–Crippen LogP) is 3.65. The fourth-order valence-corrected chi connectivity index (χ4v) is 4.37. The Morgan fingerprint density at radius 2 is 2.24 bits per heavy atom. The van der Waals surface area contributed by atoms with Crippen LogP contribution in [0.1, 0.15) is 50.4 Å². The third kappa shape index (κ3) is 3.70. The molecular weight excluding hydrogens is 260 g/mol. The van der Waals surface area contributed by atoms with E-state index in [0.29, 0.717) is 0 Å². The zero-order chi connectivity index (χ0) is 14.7. The van der Waals surface area contributed by atoms with Crippen molar-refractivity contribution in [1.82, 2.24) is 10.2 Å². The third-order valence-electron chi connectivity index (χ3n) is 5.42. The van der Waals surface area contributed by atoms with Crippen molar-refractivity contribution in [2.24, 2.45) is 17.8 Å². The van der Waals surface area contributed by atoms with Gasteiger partial charge in [0.25, 0.3) is 0 Å².